The van der Waals surface area contributed by atoms with Crippen LogP contribution < -0.4 is 0 Å². The lowest BCUT2D eigenvalue weighted by molar-refractivity contribution is -0.462. The van der Waals surface area contributed by atoms with Crippen molar-refractivity contribution in [3.63, 3.8) is 0 Å². The minimum atomic E-state index is -0.728. The zero-order valence-corrected chi connectivity index (χ0v) is 13.2. The summed E-state index contributed by atoms with van der Waals surface area (Å²) >= 11 is 0. The molecule has 0 aliphatic carbocycles. The zero-order chi connectivity index (χ0) is 16.3. The summed E-state index contributed by atoms with van der Waals surface area (Å²) in [5.41, 5.74) is 2.00. The minimum absolute atomic E-state index is 0.254. The summed E-state index contributed by atoms with van der Waals surface area (Å²) in [6.45, 7) is 3.77. The molecule has 0 amide bonds. The predicted molar refractivity (Wildman–Crippen MR) is 91.2 cm³/mol. The molecular weight excluding hydrogens is 288 g/mol. The molecule has 0 aromatic heterocycles. The summed E-state index contributed by atoms with van der Waals surface area (Å²) in [6.07, 6.45) is 5.73. The molecule has 2 aromatic carbocycles. The van der Waals surface area contributed by atoms with Crippen molar-refractivity contribution >= 4 is 11.9 Å². The van der Waals surface area contributed by atoms with E-state index >= 15 is 0 Å². The van der Waals surface area contributed by atoms with Gasteiger partial charge in [-0.3, -0.25) is 0 Å². The maximum absolute atomic E-state index is 9.32. The molecule has 3 nitrogen and oxygen atoms in total. The number of benzene rings is 2. The fourth-order valence-electron chi connectivity index (χ4n) is 2.35. The molecule has 0 radical (unpaired) electrons. The Morgan fingerprint density at radius 3 is 2.35 bits per heavy atom. The van der Waals surface area contributed by atoms with Gasteiger partial charge in [-0.15, -0.1) is 0 Å². The molecule has 0 fully saturated rings. The first kappa shape index (κ1) is 15.1. The molecule has 23 heavy (non-hydrogen) atoms. The lowest BCUT2D eigenvalue weighted by Crippen LogP contribution is -2.27. The maximum atomic E-state index is 9.32. The van der Waals surface area contributed by atoms with Crippen LogP contribution in [0.4, 0.5) is 0 Å². The van der Waals surface area contributed by atoms with Gasteiger partial charge in [-0.1, -0.05) is 36.4 Å². The molecule has 2 aromatic rings. The van der Waals surface area contributed by atoms with E-state index in [1.807, 2.05) is 74.5 Å². The van der Waals surface area contributed by atoms with Gasteiger partial charge in [-0.2, -0.15) is 0 Å². The summed E-state index contributed by atoms with van der Waals surface area (Å²) in [6, 6.07) is 17.0. The topological polar surface area (TPSA) is 40.8 Å². The highest BCUT2D eigenvalue weighted by molar-refractivity contribution is 6.05. The Morgan fingerprint density at radius 2 is 1.65 bits per heavy atom. The number of phenolic OH excluding ortho intramolecular Hbond substituents is 1. The van der Waals surface area contributed by atoms with E-state index in [4.69, 9.17) is 9.16 Å². The molecule has 3 heteroatoms. The minimum Gasteiger partial charge on any atom is -0.508 e. The maximum Gasteiger partial charge on any atom is 0.424 e. The number of phenols is 1. The SMILES string of the molecule is CC1(C)OC(/C=C/c2ccc(O)cc2)=CC(c2ccccc2)=[O+]1. The Bertz CT molecular complexity index is 766. The number of hydrogen-bond acceptors (Lipinski definition) is 2. The van der Waals surface area contributed by atoms with E-state index in [2.05, 4.69) is 0 Å². The molecular formula is C20H19O3+. The lowest BCUT2D eigenvalue weighted by Gasteiger charge is -2.17. The van der Waals surface area contributed by atoms with Crippen molar-refractivity contribution in [2.24, 2.45) is 0 Å². The average molecular weight is 307 g/mol. The van der Waals surface area contributed by atoms with Gasteiger partial charge in [0, 0.05) is 0 Å². The molecule has 0 unspecified atom stereocenters. The first-order chi connectivity index (χ1) is 11.0. The second kappa shape index (κ2) is 6.13. The van der Waals surface area contributed by atoms with Gasteiger partial charge in [-0.25, -0.2) is 4.42 Å². The molecule has 0 spiro atoms. The van der Waals surface area contributed by atoms with Crippen LogP contribution in [0.1, 0.15) is 29.4 Å². The highest BCUT2D eigenvalue weighted by atomic mass is 16.7. The molecule has 1 N–H and O–H groups in total. The van der Waals surface area contributed by atoms with Crippen molar-refractivity contribution < 1.29 is 14.3 Å². The van der Waals surface area contributed by atoms with E-state index < -0.39 is 5.79 Å². The molecule has 0 bridgehead atoms. The summed E-state index contributed by atoms with van der Waals surface area (Å²) in [4.78, 5) is 0. The molecule has 3 rings (SSSR count). The highest BCUT2D eigenvalue weighted by Crippen LogP contribution is 2.24. The molecule has 116 valence electrons. The number of ether oxygens (including phenoxy) is 1. The molecule has 1 heterocycles. The summed E-state index contributed by atoms with van der Waals surface area (Å²) < 4.78 is 11.8. The standard InChI is InChI=1S/C20H18O3/c1-20(2)22-18(13-10-15-8-11-17(21)12-9-15)14-19(23-20)16-6-4-3-5-7-16/h3-14H,1-2H3/p+1/b13-10+. The largest absolute Gasteiger partial charge is 0.508 e. The smallest absolute Gasteiger partial charge is 0.424 e. The molecule has 1 aliphatic rings. The van der Waals surface area contributed by atoms with Crippen LogP contribution in [0.2, 0.25) is 0 Å². The number of ketones is 1. The molecule has 0 saturated carbocycles. The van der Waals surface area contributed by atoms with Crippen LogP contribution in [0.25, 0.3) is 6.08 Å². The van der Waals surface area contributed by atoms with Gasteiger partial charge < -0.3 is 9.84 Å². The van der Waals surface area contributed by atoms with Crippen molar-refractivity contribution in [2.75, 3.05) is 0 Å². The average Bonchev–Trinajstić information content (AvgIpc) is 2.54. The third kappa shape index (κ3) is 3.89. The summed E-state index contributed by atoms with van der Waals surface area (Å²) in [5, 5.41) is 9.32. The zero-order valence-electron chi connectivity index (χ0n) is 13.2. The highest BCUT2D eigenvalue weighted by Gasteiger charge is 2.37. The van der Waals surface area contributed by atoms with E-state index in [1.54, 1.807) is 12.1 Å². The van der Waals surface area contributed by atoms with Crippen molar-refractivity contribution in [1.82, 2.24) is 0 Å². The second-order valence-electron chi connectivity index (χ2n) is 5.81. The van der Waals surface area contributed by atoms with Gasteiger partial charge in [0.05, 0.1) is 25.5 Å². The molecule has 0 atom stereocenters. The van der Waals surface area contributed by atoms with E-state index in [1.165, 1.54) is 0 Å². The van der Waals surface area contributed by atoms with Crippen molar-refractivity contribution in [3.8, 4) is 5.75 Å². The number of carbonyl (C=O) groups excluding carboxylic acids is 1. The Hall–Kier alpha value is -2.81. The third-order valence-corrected chi connectivity index (χ3v) is 3.38. The van der Waals surface area contributed by atoms with Crippen LogP contribution in [0.5, 0.6) is 5.75 Å². The van der Waals surface area contributed by atoms with Crippen molar-refractivity contribution in [1.29, 1.82) is 0 Å². The fraction of sp³-hybridized carbons (Fsp3) is 0.150. The van der Waals surface area contributed by atoms with Gasteiger partial charge in [0.1, 0.15) is 11.5 Å². The van der Waals surface area contributed by atoms with Gasteiger partial charge in [-0.05, 0) is 35.9 Å². The molecule has 1 aliphatic heterocycles. The fourth-order valence-corrected chi connectivity index (χ4v) is 2.35. The van der Waals surface area contributed by atoms with Crippen LogP contribution in [-0.2, 0) is 4.74 Å². The quantitative estimate of drug-likeness (QED) is 0.850. The predicted octanol–water partition coefficient (Wildman–Crippen LogP) is 4.47. The first-order valence-corrected chi connectivity index (χ1v) is 7.51. The van der Waals surface area contributed by atoms with E-state index in [9.17, 15) is 5.11 Å². The normalized spacial score (nSPS) is 16.6. The first-order valence-electron chi connectivity index (χ1n) is 7.51. The van der Waals surface area contributed by atoms with Crippen LogP contribution in [0.3, 0.4) is 0 Å². The van der Waals surface area contributed by atoms with E-state index in [0.29, 0.717) is 0 Å². The summed E-state index contributed by atoms with van der Waals surface area (Å²) in [5.74, 6) is 1.04. The Balaban J connectivity index is 1.88. The summed E-state index contributed by atoms with van der Waals surface area (Å²) in [7, 11) is 0. The van der Waals surface area contributed by atoms with E-state index in [0.717, 1.165) is 22.7 Å². The van der Waals surface area contributed by atoms with Crippen LogP contribution in [-0.4, -0.2) is 16.7 Å². The van der Waals surface area contributed by atoms with Crippen LogP contribution >= 0.6 is 0 Å². The van der Waals surface area contributed by atoms with Gasteiger partial charge >= 0.3 is 11.6 Å². The number of hydrogen-bond donors (Lipinski definition) is 1. The second-order valence-corrected chi connectivity index (χ2v) is 5.81. The van der Waals surface area contributed by atoms with Crippen LogP contribution in [0, 0.1) is 0 Å². The number of allylic oxidation sites excluding steroid dienone is 2. The van der Waals surface area contributed by atoms with Gasteiger partial charge in [0.15, 0.2) is 0 Å². The third-order valence-electron chi connectivity index (χ3n) is 3.38. The van der Waals surface area contributed by atoms with Gasteiger partial charge in [0.25, 0.3) is 0 Å². The Morgan fingerprint density at radius 1 is 0.957 bits per heavy atom. The van der Waals surface area contributed by atoms with Crippen LogP contribution in [0.15, 0.2) is 72.5 Å². The van der Waals surface area contributed by atoms with Gasteiger partial charge in [0.2, 0.25) is 0 Å². The Labute approximate surface area is 135 Å². The van der Waals surface area contributed by atoms with Crippen molar-refractivity contribution in [3.05, 3.63) is 83.6 Å². The van der Waals surface area contributed by atoms with Crippen molar-refractivity contribution in [2.45, 2.75) is 19.6 Å². The van der Waals surface area contributed by atoms with E-state index in [-0.39, 0.29) is 5.75 Å². The monoisotopic (exact) mass is 307 g/mol. The number of rotatable bonds is 3. The Kier molecular flexibility index (Phi) is 4.02. The molecule has 0 saturated heterocycles. The number of aromatic hydroxyl groups is 1. The lowest BCUT2D eigenvalue weighted by atomic mass is 10.1.